The Morgan fingerprint density at radius 2 is 2.29 bits per heavy atom. The lowest BCUT2D eigenvalue weighted by molar-refractivity contribution is -0.134. The SMILES string of the molecule is CCOC1CC2(C1)NC(=NCCOC)NC2=O. The van der Waals surface area contributed by atoms with Gasteiger partial charge in [0.25, 0.3) is 5.91 Å². The molecule has 0 bridgehead atoms. The molecule has 0 radical (unpaired) electrons. The molecule has 2 N–H and O–H groups in total. The summed E-state index contributed by atoms with van der Waals surface area (Å²) in [7, 11) is 1.63. The van der Waals surface area contributed by atoms with Gasteiger partial charge in [0.1, 0.15) is 5.54 Å². The van der Waals surface area contributed by atoms with Crippen LogP contribution in [-0.2, 0) is 14.3 Å². The molecular formula is C11H19N3O3. The molecule has 1 saturated heterocycles. The van der Waals surface area contributed by atoms with E-state index in [2.05, 4.69) is 15.6 Å². The molecule has 0 unspecified atom stereocenters. The number of hydrogen-bond donors (Lipinski definition) is 2. The molecular weight excluding hydrogens is 222 g/mol. The average Bonchev–Trinajstić information content (AvgIpc) is 2.56. The predicted molar refractivity (Wildman–Crippen MR) is 62.8 cm³/mol. The molecule has 1 aliphatic carbocycles. The Bertz CT molecular complexity index is 324. The summed E-state index contributed by atoms with van der Waals surface area (Å²) in [5.74, 6) is 0.562. The van der Waals surface area contributed by atoms with Crippen molar-refractivity contribution in [2.45, 2.75) is 31.4 Å². The van der Waals surface area contributed by atoms with Gasteiger partial charge >= 0.3 is 0 Å². The molecule has 6 nitrogen and oxygen atoms in total. The second-order valence-electron chi connectivity index (χ2n) is 4.37. The lowest BCUT2D eigenvalue weighted by Gasteiger charge is -2.41. The maximum Gasteiger partial charge on any atom is 0.252 e. The number of carbonyl (C=O) groups is 1. The van der Waals surface area contributed by atoms with E-state index in [1.807, 2.05) is 6.92 Å². The van der Waals surface area contributed by atoms with E-state index in [9.17, 15) is 4.79 Å². The quantitative estimate of drug-likeness (QED) is 0.645. The van der Waals surface area contributed by atoms with Gasteiger partial charge in [0, 0.05) is 26.6 Å². The fourth-order valence-electron chi connectivity index (χ4n) is 2.23. The van der Waals surface area contributed by atoms with E-state index in [0.717, 1.165) is 12.8 Å². The van der Waals surface area contributed by atoms with Crippen molar-refractivity contribution in [3.05, 3.63) is 0 Å². The number of nitrogens with zero attached hydrogens (tertiary/aromatic N) is 1. The summed E-state index contributed by atoms with van der Waals surface area (Å²) < 4.78 is 10.4. The van der Waals surface area contributed by atoms with E-state index < -0.39 is 5.54 Å². The van der Waals surface area contributed by atoms with Gasteiger partial charge < -0.3 is 14.8 Å². The molecule has 17 heavy (non-hydrogen) atoms. The fourth-order valence-corrected chi connectivity index (χ4v) is 2.23. The van der Waals surface area contributed by atoms with Crippen molar-refractivity contribution >= 4 is 11.9 Å². The molecule has 0 atom stereocenters. The maximum absolute atomic E-state index is 11.8. The third-order valence-electron chi connectivity index (χ3n) is 3.14. The number of methoxy groups -OCH3 is 1. The number of aliphatic imine (C=N–C) groups is 1. The Kier molecular flexibility index (Phi) is 3.63. The van der Waals surface area contributed by atoms with E-state index in [1.165, 1.54) is 0 Å². The Morgan fingerprint density at radius 1 is 1.53 bits per heavy atom. The summed E-state index contributed by atoms with van der Waals surface area (Å²) >= 11 is 0. The molecule has 0 aromatic heterocycles. The molecule has 2 rings (SSSR count). The normalized spacial score (nSPS) is 33.6. The van der Waals surface area contributed by atoms with Gasteiger partial charge in [0.2, 0.25) is 0 Å². The van der Waals surface area contributed by atoms with Gasteiger partial charge in [0.15, 0.2) is 5.96 Å². The van der Waals surface area contributed by atoms with Crippen LogP contribution in [0.3, 0.4) is 0 Å². The highest BCUT2D eigenvalue weighted by molar-refractivity contribution is 6.09. The topological polar surface area (TPSA) is 71.9 Å². The van der Waals surface area contributed by atoms with E-state index in [-0.39, 0.29) is 12.0 Å². The Morgan fingerprint density at radius 3 is 2.94 bits per heavy atom. The molecule has 0 aromatic rings. The van der Waals surface area contributed by atoms with Crippen molar-refractivity contribution in [2.75, 3.05) is 26.9 Å². The summed E-state index contributed by atoms with van der Waals surface area (Å²) in [6.45, 7) is 3.75. The monoisotopic (exact) mass is 241 g/mol. The molecule has 2 fully saturated rings. The number of ether oxygens (including phenoxy) is 2. The minimum atomic E-state index is -0.480. The molecule has 1 amide bonds. The molecule has 1 aliphatic heterocycles. The standard InChI is InChI=1S/C11H19N3O3/c1-3-17-8-6-11(7-8)9(15)13-10(14-11)12-4-5-16-2/h8H,3-7H2,1-2H3,(H2,12,13,14,15). The van der Waals surface area contributed by atoms with E-state index in [0.29, 0.717) is 25.7 Å². The molecule has 96 valence electrons. The summed E-state index contributed by atoms with van der Waals surface area (Å²) in [5.41, 5.74) is -0.480. The van der Waals surface area contributed by atoms with Crippen LogP contribution in [0, 0.1) is 0 Å². The summed E-state index contributed by atoms with van der Waals surface area (Å²) in [4.78, 5) is 16.0. The van der Waals surface area contributed by atoms with Gasteiger partial charge in [-0.1, -0.05) is 0 Å². The van der Waals surface area contributed by atoms with Crippen molar-refractivity contribution in [1.29, 1.82) is 0 Å². The van der Waals surface area contributed by atoms with Gasteiger partial charge in [0.05, 0.1) is 19.3 Å². The zero-order valence-electron chi connectivity index (χ0n) is 10.3. The number of rotatable bonds is 5. The summed E-state index contributed by atoms with van der Waals surface area (Å²) in [6.07, 6.45) is 1.63. The minimum Gasteiger partial charge on any atom is -0.383 e. The van der Waals surface area contributed by atoms with Crippen LogP contribution in [0.25, 0.3) is 0 Å². The van der Waals surface area contributed by atoms with Crippen LogP contribution < -0.4 is 10.6 Å². The second-order valence-corrected chi connectivity index (χ2v) is 4.37. The highest BCUT2D eigenvalue weighted by Gasteiger charge is 2.55. The molecule has 6 heteroatoms. The lowest BCUT2D eigenvalue weighted by Crippen LogP contribution is -2.59. The smallest absolute Gasteiger partial charge is 0.252 e. The van der Waals surface area contributed by atoms with Gasteiger partial charge in [-0.2, -0.15) is 0 Å². The van der Waals surface area contributed by atoms with Crippen LogP contribution >= 0.6 is 0 Å². The number of amides is 1. The van der Waals surface area contributed by atoms with E-state index >= 15 is 0 Å². The average molecular weight is 241 g/mol. The van der Waals surface area contributed by atoms with Crippen molar-refractivity contribution < 1.29 is 14.3 Å². The summed E-state index contributed by atoms with van der Waals surface area (Å²) in [5, 5.41) is 5.91. The number of guanidine groups is 1. The molecule has 1 saturated carbocycles. The number of carbonyl (C=O) groups excluding carboxylic acids is 1. The Labute approximate surface area is 101 Å². The lowest BCUT2D eigenvalue weighted by atomic mass is 9.74. The van der Waals surface area contributed by atoms with Gasteiger partial charge in [-0.15, -0.1) is 0 Å². The van der Waals surface area contributed by atoms with Crippen LogP contribution in [0.4, 0.5) is 0 Å². The summed E-state index contributed by atoms with van der Waals surface area (Å²) in [6, 6.07) is 0. The first-order valence-electron chi connectivity index (χ1n) is 5.95. The first kappa shape index (κ1) is 12.3. The largest absolute Gasteiger partial charge is 0.383 e. The number of hydrogen-bond acceptors (Lipinski definition) is 4. The van der Waals surface area contributed by atoms with Crippen LogP contribution in [0.1, 0.15) is 19.8 Å². The third kappa shape index (κ3) is 2.42. The Hall–Kier alpha value is -1.14. The number of nitrogens with one attached hydrogen (secondary N) is 2. The van der Waals surface area contributed by atoms with Crippen molar-refractivity contribution in [3.63, 3.8) is 0 Å². The predicted octanol–water partition coefficient (Wildman–Crippen LogP) is -0.354. The molecule has 2 aliphatic rings. The first-order chi connectivity index (χ1) is 8.20. The Balaban J connectivity index is 1.86. The first-order valence-corrected chi connectivity index (χ1v) is 5.95. The molecule has 0 aromatic carbocycles. The van der Waals surface area contributed by atoms with E-state index in [1.54, 1.807) is 7.11 Å². The van der Waals surface area contributed by atoms with Gasteiger partial charge in [-0.3, -0.25) is 15.1 Å². The van der Waals surface area contributed by atoms with Gasteiger partial charge in [-0.25, -0.2) is 0 Å². The second kappa shape index (κ2) is 5.01. The third-order valence-corrected chi connectivity index (χ3v) is 3.14. The highest BCUT2D eigenvalue weighted by Crippen LogP contribution is 2.36. The van der Waals surface area contributed by atoms with Crippen molar-refractivity contribution in [3.8, 4) is 0 Å². The maximum atomic E-state index is 11.8. The minimum absolute atomic E-state index is 0.00428. The van der Waals surface area contributed by atoms with E-state index in [4.69, 9.17) is 9.47 Å². The van der Waals surface area contributed by atoms with Crippen LogP contribution in [0.2, 0.25) is 0 Å². The van der Waals surface area contributed by atoms with Crippen LogP contribution in [0.5, 0.6) is 0 Å². The van der Waals surface area contributed by atoms with Crippen molar-refractivity contribution in [1.82, 2.24) is 10.6 Å². The fraction of sp³-hybridized carbons (Fsp3) is 0.818. The molecule has 1 heterocycles. The van der Waals surface area contributed by atoms with Gasteiger partial charge in [-0.05, 0) is 6.92 Å². The van der Waals surface area contributed by atoms with Crippen molar-refractivity contribution in [2.24, 2.45) is 4.99 Å². The van der Waals surface area contributed by atoms with Crippen LogP contribution in [0.15, 0.2) is 4.99 Å². The highest BCUT2D eigenvalue weighted by atomic mass is 16.5. The molecule has 1 spiro atoms. The zero-order valence-corrected chi connectivity index (χ0v) is 10.3. The van der Waals surface area contributed by atoms with Crippen LogP contribution in [-0.4, -0.2) is 50.4 Å². The zero-order chi connectivity index (χ0) is 12.3.